The maximum Gasteiger partial charge on any atom is 0.261 e. The van der Waals surface area contributed by atoms with Crippen molar-refractivity contribution in [3.05, 3.63) is 59.1 Å². The first-order valence-electron chi connectivity index (χ1n) is 8.73. The highest BCUT2D eigenvalue weighted by atomic mass is 35.5. The quantitative estimate of drug-likeness (QED) is 0.770. The van der Waals surface area contributed by atoms with Gasteiger partial charge in [-0.2, -0.15) is 0 Å². The van der Waals surface area contributed by atoms with Crippen LogP contribution in [0.4, 0.5) is 5.69 Å². The third-order valence-electron chi connectivity index (χ3n) is 4.67. The molecular formula is C19H22ClN3O3S. The lowest BCUT2D eigenvalue weighted by Gasteiger charge is -2.31. The number of amides is 1. The van der Waals surface area contributed by atoms with E-state index in [-0.39, 0.29) is 16.7 Å². The molecule has 0 radical (unpaired) electrons. The first-order chi connectivity index (χ1) is 12.8. The van der Waals surface area contributed by atoms with Gasteiger partial charge >= 0.3 is 0 Å². The Hall–Kier alpha value is -2.09. The second-order valence-electron chi connectivity index (χ2n) is 6.70. The van der Waals surface area contributed by atoms with E-state index in [0.29, 0.717) is 23.8 Å². The number of hydrogen-bond donors (Lipinski definition) is 2. The van der Waals surface area contributed by atoms with Crippen LogP contribution in [0, 0.1) is 5.92 Å². The standard InChI is InChI=1S/C19H22ClN3O3S/c20-16-7-3-8-17(11-16)27(25,26)22-18-9-2-1-5-14(18)12-23-10-4-6-15(13-23)19(21)24/h1-3,5,7-9,11,15,22H,4,6,10,12-13H2,(H2,21,24)/t15-/m1/s1. The average molecular weight is 408 g/mol. The number of hydrogen-bond acceptors (Lipinski definition) is 4. The number of benzene rings is 2. The number of carbonyl (C=O) groups excluding carboxylic acids is 1. The Bertz CT molecular complexity index is 933. The van der Waals surface area contributed by atoms with E-state index < -0.39 is 10.0 Å². The van der Waals surface area contributed by atoms with Crippen molar-refractivity contribution in [3.63, 3.8) is 0 Å². The third-order valence-corrected chi connectivity index (χ3v) is 6.27. The minimum absolute atomic E-state index is 0.108. The topological polar surface area (TPSA) is 92.5 Å². The van der Waals surface area contributed by atoms with Crippen molar-refractivity contribution in [3.8, 4) is 0 Å². The van der Waals surface area contributed by atoms with E-state index in [1.807, 2.05) is 12.1 Å². The van der Waals surface area contributed by atoms with Gasteiger partial charge in [-0.15, -0.1) is 0 Å². The van der Waals surface area contributed by atoms with Crippen LogP contribution in [0.2, 0.25) is 5.02 Å². The minimum Gasteiger partial charge on any atom is -0.369 e. The van der Waals surface area contributed by atoms with Gasteiger partial charge in [0, 0.05) is 18.1 Å². The third kappa shape index (κ3) is 5.00. The summed E-state index contributed by atoms with van der Waals surface area (Å²) < 4.78 is 28.0. The average Bonchev–Trinajstić information content (AvgIpc) is 2.63. The van der Waals surface area contributed by atoms with Crippen molar-refractivity contribution in [1.29, 1.82) is 0 Å². The first-order valence-corrected chi connectivity index (χ1v) is 10.6. The van der Waals surface area contributed by atoms with E-state index in [9.17, 15) is 13.2 Å². The number of sulfonamides is 1. The van der Waals surface area contributed by atoms with Crippen LogP contribution in [0.3, 0.4) is 0 Å². The normalized spacial score (nSPS) is 18.2. The highest BCUT2D eigenvalue weighted by Crippen LogP contribution is 2.25. The maximum absolute atomic E-state index is 12.7. The number of rotatable bonds is 6. The number of nitrogens with zero attached hydrogens (tertiary/aromatic N) is 1. The Kier molecular flexibility index (Phi) is 6.04. The van der Waals surface area contributed by atoms with E-state index in [4.69, 9.17) is 17.3 Å². The van der Waals surface area contributed by atoms with Crippen LogP contribution in [0.5, 0.6) is 0 Å². The van der Waals surface area contributed by atoms with E-state index >= 15 is 0 Å². The molecule has 1 heterocycles. The van der Waals surface area contributed by atoms with Crippen molar-refractivity contribution in [1.82, 2.24) is 4.90 Å². The smallest absolute Gasteiger partial charge is 0.261 e. The molecule has 2 aromatic carbocycles. The van der Waals surface area contributed by atoms with Crippen LogP contribution in [0.25, 0.3) is 0 Å². The molecule has 0 aromatic heterocycles. The summed E-state index contributed by atoms with van der Waals surface area (Å²) in [6.07, 6.45) is 1.69. The molecule has 1 aliphatic rings. The Morgan fingerprint density at radius 3 is 2.74 bits per heavy atom. The molecule has 1 fully saturated rings. The summed E-state index contributed by atoms with van der Waals surface area (Å²) in [6, 6.07) is 13.4. The van der Waals surface area contributed by atoms with Gasteiger partial charge in [-0.05, 0) is 49.2 Å². The molecular weight excluding hydrogens is 386 g/mol. The summed E-state index contributed by atoms with van der Waals surface area (Å²) in [5.74, 6) is -0.441. The zero-order chi connectivity index (χ0) is 19.4. The molecule has 144 valence electrons. The summed E-state index contributed by atoms with van der Waals surface area (Å²) in [4.78, 5) is 13.7. The molecule has 0 bridgehead atoms. The van der Waals surface area contributed by atoms with Crippen molar-refractivity contribution in [2.45, 2.75) is 24.3 Å². The van der Waals surface area contributed by atoms with Crippen LogP contribution in [-0.4, -0.2) is 32.3 Å². The molecule has 6 nitrogen and oxygen atoms in total. The zero-order valence-electron chi connectivity index (χ0n) is 14.8. The van der Waals surface area contributed by atoms with Crippen LogP contribution in [0.15, 0.2) is 53.4 Å². The highest BCUT2D eigenvalue weighted by Gasteiger charge is 2.25. The van der Waals surface area contributed by atoms with Crippen molar-refractivity contribution >= 4 is 33.2 Å². The fourth-order valence-corrected chi connectivity index (χ4v) is 4.67. The number of likely N-dealkylation sites (tertiary alicyclic amines) is 1. The monoisotopic (exact) mass is 407 g/mol. The molecule has 1 saturated heterocycles. The van der Waals surface area contributed by atoms with Gasteiger partial charge in [-0.3, -0.25) is 14.4 Å². The number of primary amides is 1. The fourth-order valence-electron chi connectivity index (χ4n) is 3.27. The Morgan fingerprint density at radius 2 is 2.00 bits per heavy atom. The van der Waals surface area contributed by atoms with Crippen molar-refractivity contribution < 1.29 is 13.2 Å². The van der Waals surface area contributed by atoms with Gasteiger partial charge in [0.25, 0.3) is 10.0 Å². The van der Waals surface area contributed by atoms with Gasteiger partial charge in [0.1, 0.15) is 0 Å². The lowest BCUT2D eigenvalue weighted by Crippen LogP contribution is -2.40. The number of anilines is 1. The molecule has 1 aliphatic heterocycles. The predicted molar refractivity (Wildman–Crippen MR) is 106 cm³/mol. The zero-order valence-corrected chi connectivity index (χ0v) is 16.3. The number of para-hydroxylation sites is 1. The molecule has 0 unspecified atom stereocenters. The van der Waals surface area contributed by atoms with Gasteiger partial charge in [0.2, 0.25) is 5.91 Å². The number of nitrogens with one attached hydrogen (secondary N) is 1. The molecule has 1 amide bonds. The Labute approximate surface area is 164 Å². The molecule has 0 spiro atoms. The molecule has 27 heavy (non-hydrogen) atoms. The van der Waals surface area contributed by atoms with Gasteiger partial charge in [-0.25, -0.2) is 8.42 Å². The van der Waals surface area contributed by atoms with E-state index in [1.54, 1.807) is 24.3 Å². The molecule has 0 saturated carbocycles. The molecule has 8 heteroatoms. The molecule has 3 N–H and O–H groups in total. The number of halogens is 1. The fraction of sp³-hybridized carbons (Fsp3) is 0.316. The van der Waals surface area contributed by atoms with Gasteiger partial charge in [-0.1, -0.05) is 35.9 Å². The largest absolute Gasteiger partial charge is 0.369 e. The van der Waals surface area contributed by atoms with Crippen LogP contribution >= 0.6 is 11.6 Å². The van der Waals surface area contributed by atoms with E-state index in [0.717, 1.165) is 24.9 Å². The summed E-state index contributed by atoms with van der Waals surface area (Å²) in [7, 11) is -3.75. The number of carbonyl (C=O) groups is 1. The van der Waals surface area contributed by atoms with Crippen molar-refractivity contribution in [2.75, 3.05) is 17.8 Å². The highest BCUT2D eigenvalue weighted by molar-refractivity contribution is 7.92. The second-order valence-corrected chi connectivity index (χ2v) is 8.82. The summed E-state index contributed by atoms with van der Waals surface area (Å²) in [5, 5.41) is 0.358. The van der Waals surface area contributed by atoms with Crippen LogP contribution < -0.4 is 10.5 Å². The number of nitrogens with two attached hydrogens (primary N) is 1. The van der Waals surface area contributed by atoms with Crippen molar-refractivity contribution in [2.24, 2.45) is 11.7 Å². The SMILES string of the molecule is NC(=O)[C@@H]1CCCN(Cc2ccccc2NS(=O)(=O)c2cccc(Cl)c2)C1. The minimum atomic E-state index is -3.75. The predicted octanol–water partition coefficient (Wildman–Crippen LogP) is 2.84. The van der Waals surface area contributed by atoms with Gasteiger partial charge < -0.3 is 5.73 Å². The molecule has 1 atom stereocenters. The molecule has 3 rings (SSSR count). The first kappa shape index (κ1) is 19.7. The van der Waals surface area contributed by atoms with E-state index in [2.05, 4.69) is 9.62 Å². The Balaban J connectivity index is 1.79. The summed E-state index contributed by atoms with van der Waals surface area (Å²) in [6.45, 7) is 1.97. The molecule has 0 aliphatic carbocycles. The van der Waals surface area contributed by atoms with Crippen LogP contribution in [-0.2, 0) is 21.4 Å². The maximum atomic E-state index is 12.7. The van der Waals surface area contributed by atoms with Crippen LogP contribution in [0.1, 0.15) is 18.4 Å². The van der Waals surface area contributed by atoms with Gasteiger partial charge in [0.05, 0.1) is 16.5 Å². The summed E-state index contributed by atoms with van der Waals surface area (Å²) in [5.41, 5.74) is 6.80. The lowest BCUT2D eigenvalue weighted by atomic mass is 9.97. The molecule has 2 aromatic rings. The summed E-state index contributed by atoms with van der Waals surface area (Å²) >= 11 is 5.92. The van der Waals surface area contributed by atoms with E-state index in [1.165, 1.54) is 12.1 Å². The second kappa shape index (κ2) is 8.29. The lowest BCUT2D eigenvalue weighted by molar-refractivity contribution is -0.123. The van der Waals surface area contributed by atoms with Gasteiger partial charge in [0.15, 0.2) is 0 Å². The Morgan fingerprint density at radius 1 is 1.22 bits per heavy atom. The number of piperidine rings is 1.